The summed E-state index contributed by atoms with van der Waals surface area (Å²) in [7, 11) is 0. The van der Waals surface area contributed by atoms with E-state index in [4.69, 9.17) is 27.9 Å². The van der Waals surface area contributed by atoms with Gasteiger partial charge in [0.1, 0.15) is 5.75 Å². The molecule has 0 saturated carbocycles. The van der Waals surface area contributed by atoms with Gasteiger partial charge in [-0.25, -0.2) is 0 Å². The second-order valence-electron chi connectivity index (χ2n) is 4.47. The quantitative estimate of drug-likeness (QED) is 0.780. The van der Waals surface area contributed by atoms with Crippen molar-refractivity contribution in [2.24, 2.45) is 0 Å². The van der Waals surface area contributed by atoms with Crippen molar-refractivity contribution in [2.45, 2.75) is 19.9 Å². The van der Waals surface area contributed by atoms with Gasteiger partial charge in [-0.1, -0.05) is 41.4 Å². The summed E-state index contributed by atoms with van der Waals surface area (Å²) in [5.41, 5.74) is 1.96. The van der Waals surface area contributed by atoms with Gasteiger partial charge < -0.3 is 10.1 Å². The standard InChI is InChI=1S/C16H17Cl2NO/c1-3-20-13-7-4-6-12(10-13)19-11(2)14-8-5-9-15(17)16(14)18/h4-11,19H,3H2,1-2H3. The summed E-state index contributed by atoms with van der Waals surface area (Å²) in [6.45, 7) is 4.67. The van der Waals surface area contributed by atoms with Gasteiger partial charge in [0.05, 0.1) is 22.7 Å². The highest BCUT2D eigenvalue weighted by Gasteiger charge is 2.11. The van der Waals surface area contributed by atoms with Crippen molar-refractivity contribution in [3.05, 3.63) is 58.1 Å². The normalized spacial score (nSPS) is 12.0. The van der Waals surface area contributed by atoms with E-state index in [1.807, 2.05) is 50.2 Å². The Labute approximate surface area is 129 Å². The minimum absolute atomic E-state index is 0.0538. The van der Waals surface area contributed by atoms with Crippen LogP contribution < -0.4 is 10.1 Å². The summed E-state index contributed by atoms with van der Waals surface area (Å²) < 4.78 is 5.49. The molecule has 0 saturated heterocycles. The van der Waals surface area contributed by atoms with Crippen LogP contribution in [0.2, 0.25) is 10.0 Å². The maximum Gasteiger partial charge on any atom is 0.121 e. The Morgan fingerprint density at radius 3 is 2.65 bits per heavy atom. The molecule has 0 aliphatic heterocycles. The maximum atomic E-state index is 6.24. The average Bonchev–Trinajstić information content (AvgIpc) is 2.42. The van der Waals surface area contributed by atoms with Gasteiger partial charge in [0.2, 0.25) is 0 Å². The largest absolute Gasteiger partial charge is 0.494 e. The van der Waals surface area contributed by atoms with Gasteiger partial charge in [0.25, 0.3) is 0 Å². The molecule has 0 radical (unpaired) electrons. The molecule has 2 aromatic rings. The molecule has 1 atom stereocenters. The molecule has 0 spiro atoms. The maximum absolute atomic E-state index is 6.24. The fraction of sp³-hybridized carbons (Fsp3) is 0.250. The molecule has 2 aromatic carbocycles. The first-order valence-electron chi connectivity index (χ1n) is 6.55. The minimum atomic E-state index is 0.0538. The number of anilines is 1. The molecule has 0 heterocycles. The lowest BCUT2D eigenvalue weighted by atomic mass is 10.1. The number of hydrogen-bond donors (Lipinski definition) is 1. The molecule has 0 aliphatic rings. The molecule has 106 valence electrons. The van der Waals surface area contributed by atoms with Gasteiger partial charge in [-0.05, 0) is 37.6 Å². The van der Waals surface area contributed by atoms with Crippen LogP contribution in [0.15, 0.2) is 42.5 Å². The number of halogens is 2. The van der Waals surface area contributed by atoms with Crippen LogP contribution in [0.5, 0.6) is 5.75 Å². The predicted molar refractivity (Wildman–Crippen MR) is 86.1 cm³/mol. The molecule has 0 amide bonds. The summed E-state index contributed by atoms with van der Waals surface area (Å²) in [5, 5.41) is 4.56. The van der Waals surface area contributed by atoms with Crippen molar-refractivity contribution in [1.29, 1.82) is 0 Å². The second-order valence-corrected chi connectivity index (χ2v) is 5.26. The molecular formula is C16H17Cl2NO. The first kappa shape index (κ1) is 15.0. The van der Waals surface area contributed by atoms with Gasteiger partial charge in [0, 0.05) is 11.8 Å². The lowest BCUT2D eigenvalue weighted by Gasteiger charge is -2.18. The van der Waals surface area contributed by atoms with Gasteiger partial charge in [-0.3, -0.25) is 0 Å². The molecular weight excluding hydrogens is 293 g/mol. The summed E-state index contributed by atoms with van der Waals surface area (Å²) in [6, 6.07) is 13.6. The van der Waals surface area contributed by atoms with E-state index in [-0.39, 0.29) is 6.04 Å². The Kier molecular flexibility index (Phi) is 5.16. The third kappa shape index (κ3) is 3.59. The van der Waals surface area contributed by atoms with Gasteiger partial charge in [-0.2, -0.15) is 0 Å². The van der Waals surface area contributed by atoms with E-state index in [0.717, 1.165) is 17.0 Å². The number of ether oxygens (including phenoxy) is 1. The van der Waals surface area contributed by atoms with E-state index in [2.05, 4.69) is 5.32 Å². The Morgan fingerprint density at radius 2 is 1.90 bits per heavy atom. The molecule has 2 nitrogen and oxygen atoms in total. The molecule has 0 aromatic heterocycles. The topological polar surface area (TPSA) is 21.3 Å². The molecule has 0 aliphatic carbocycles. The number of hydrogen-bond acceptors (Lipinski definition) is 2. The van der Waals surface area contributed by atoms with E-state index < -0.39 is 0 Å². The minimum Gasteiger partial charge on any atom is -0.494 e. The Hall–Kier alpha value is -1.38. The van der Waals surface area contributed by atoms with Crippen LogP contribution in [-0.4, -0.2) is 6.61 Å². The van der Waals surface area contributed by atoms with Crippen molar-refractivity contribution >= 4 is 28.9 Å². The van der Waals surface area contributed by atoms with E-state index in [1.54, 1.807) is 6.07 Å². The molecule has 4 heteroatoms. The highest BCUT2D eigenvalue weighted by molar-refractivity contribution is 6.42. The Bertz CT molecular complexity index is 586. The van der Waals surface area contributed by atoms with E-state index in [9.17, 15) is 0 Å². The SMILES string of the molecule is CCOc1cccc(NC(C)c2cccc(Cl)c2Cl)c1. The highest BCUT2D eigenvalue weighted by atomic mass is 35.5. The fourth-order valence-corrected chi connectivity index (χ4v) is 2.50. The summed E-state index contributed by atoms with van der Waals surface area (Å²) in [4.78, 5) is 0. The fourth-order valence-electron chi connectivity index (χ4n) is 2.02. The molecule has 2 rings (SSSR count). The zero-order valence-electron chi connectivity index (χ0n) is 11.5. The van der Waals surface area contributed by atoms with Crippen LogP contribution in [0.4, 0.5) is 5.69 Å². The van der Waals surface area contributed by atoms with Crippen LogP contribution in [0.25, 0.3) is 0 Å². The van der Waals surface area contributed by atoms with E-state index >= 15 is 0 Å². The van der Waals surface area contributed by atoms with Crippen LogP contribution in [0.3, 0.4) is 0 Å². The molecule has 20 heavy (non-hydrogen) atoms. The molecule has 1 N–H and O–H groups in total. The van der Waals surface area contributed by atoms with Crippen molar-refractivity contribution in [3.8, 4) is 5.75 Å². The number of nitrogens with one attached hydrogen (secondary N) is 1. The van der Waals surface area contributed by atoms with E-state index in [1.165, 1.54) is 0 Å². The highest BCUT2D eigenvalue weighted by Crippen LogP contribution is 2.31. The van der Waals surface area contributed by atoms with E-state index in [0.29, 0.717) is 16.7 Å². The Balaban J connectivity index is 2.17. The van der Waals surface area contributed by atoms with Crippen LogP contribution in [0.1, 0.15) is 25.5 Å². The second kappa shape index (κ2) is 6.87. The summed E-state index contributed by atoms with van der Waals surface area (Å²) in [6.07, 6.45) is 0. The lowest BCUT2D eigenvalue weighted by molar-refractivity contribution is 0.340. The zero-order chi connectivity index (χ0) is 14.5. The van der Waals surface area contributed by atoms with Crippen molar-refractivity contribution in [1.82, 2.24) is 0 Å². The monoisotopic (exact) mass is 309 g/mol. The zero-order valence-corrected chi connectivity index (χ0v) is 13.0. The molecule has 0 bridgehead atoms. The van der Waals surface area contributed by atoms with Gasteiger partial charge in [0.15, 0.2) is 0 Å². The van der Waals surface area contributed by atoms with Gasteiger partial charge >= 0.3 is 0 Å². The first-order valence-corrected chi connectivity index (χ1v) is 7.30. The predicted octanol–water partition coefficient (Wildman–Crippen LogP) is 5.57. The third-order valence-corrected chi connectivity index (χ3v) is 3.81. The lowest BCUT2D eigenvalue weighted by Crippen LogP contribution is -2.07. The average molecular weight is 310 g/mol. The van der Waals surface area contributed by atoms with Crippen LogP contribution in [0, 0.1) is 0 Å². The summed E-state index contributed by atoms with van der Waals surface area (Å²) >= 11 is 12.3. The van der Waals surface area contributed by atoms with Crippen molar-refractivity contribution < 1.29 is 4.74 Å². The number of benzene rings is 2. The third-order valence-electron chi connectivity index (χ3n) is 2.98. The van der Waals surface area contributed by atoms with Crippen LogP contribution in [-0.2, 0) is 0 Å². The smallest absolute Gasteiger partial charge is 0.121 e. The molecule has 1 unspecified atom stereocenters. The first-order chi connectivity index (χ1) is 9.61. The van der Waals surface area contributed by atoms with Gasteiger partial charge in [-0.15, -0.1) is 0 Å². The van der Waals surface area contributed by atoms with Crippen molar-refractivity contribution in [3.63, 3.8) is 0 Å². The number of rotatable bonds is 5. The van der Waals surface area contributed by atoms with Crippen LogP contribution >= 0.6 is 23.2 Å². The molecule has 0 fully saturated rings. The Morgan fingerprint density at radius 1 is 1.15 bits per heavy atom. The van der Waals surface area contributed by atoms with Crippen molar-refractivity contribution in [2.75, 3.05) is 11.9 Å². The summed E-state index contributed by atoms with van der Waals surface area (Å²) in [5.74, 6) is 0.849.